The summed E-state index contributed by atoms with van der Waals surface area (Å²) in [6, 6.07) is 0. The number of hydrogen-bond acceptors (Lipinski definition) is 6. The smallest absolute Gasteiger partial charge is 0.188 e. The van der Waals surface area contributed by atoms with E-state index >= 15 is 0 Å². The number of aliphatic hydroxyl groups is 3. The third-order valence-corrected chi connectivity index (χ3v) is 3.00. The zero-order valence-corrected chi connectivity index (χ0v) is 9.37. The molecule has 0 aromatic carbocycles. The van der Waals surface area contributed by atoms with Crippen LogP contribution in [0.1, 0.15) is 13.8 Å². The molecule has 0 aromatic heterocycles. The van der Waals surface area contributed by atoms with E-state index in [4.69, 9.17) is 19.3 Å². The standard InChI is InChI=1S/C10H18O6/c1-10(2)15-8-5(3-11)7(6(13)4-12)14-9(8)16-10/h5-9,11-13H,3-4H2,1-2H3/t5?,6?,7-,8?,9+/m0/s1. The van der Waals surface area contributed by atoms with Crippen molar-refractivity contribution >= 4 is 0 Å². The maximum atomic E-state index is 9.55. The Morgan fingerprint density at radius 3 is 2.50 bits per heavy atom. The average molecular weight is 234 g/mol. The van der Waals surface area contributed by atoms with Gasteiger partial charge in [-0.2, -0.15) is 0 Å². The van der Waals surface area contributed by atoms with Crippen molar-refractivity contribution in [1.29, 1.82) is 0 Å². The zero-order valence-electron chi connectivity index (χ0n) is 9.37. The molecule has 0 saturated carbocycles. The molecule has 0 radical (unpaired) electrons. The normalized spacial score (nSPS) is 43.3. The van der Waals surface area contributed by atoms with E-state index < -0.39 is 37.0 Å². The molecular formula is C10H18O6. The Morgan fingerprint density at radius 1 is 1.25 bits per heavy atom. The van der Waals surface area contributed by atoms with Gasteiger partial charge in [-0.1, -0.05) is 0 Å². The number of rotatable bonds is 3. The molecule has 2 heterocycles. The molecule has 0 bridgehead atoms. The molecule has 16 heavy (non-hydrogen) atoms. The summed E-state index contributed by atoms with van der Waals surface area (Å²) in [6.07, 6.45) is -2.66. The molecule has 2 saturated heterocycles. The van der Waals surface area contributed by atoms with E-state index in [-0.39, 0.29) is 12.5 Å². The Bertz CT molecular complexity index is 256. The van der Waals surface area contributed by atoms with Gasteiger partial charge in [-0.3, -0.25) is 0 Å². The monoisotopic (exact) mass is 234 g/mol. The van der Waals surface area contributed by atoms with Gasteiger partial charge in [0.05, 0.1) is 19.3 Å². The third-order valence-electron chi connectivity index (χ3n) is 3.00. The molecule has 2 fully saturated rings. The van der Waals surface area contributed by atoms with Crippen LogP contribution in [0.4, 0.5) is 0 Å². The van der Waals surface area contributed by atoms with Gasteiger partial charge in [0.25, 0.3) is 0 Å². The highest BCUT2D eigenvalue weighted by Gasteiger charge is 2.55. The highest BCUT2D eigenvalue weighted by atomic mass is 16.8. The molecule has 0 amide bonds. The van der Waals surface area contributed by atoms with Crippen LogP contribution in [0.5, 0.6) is 0 Å². The van der Waals surface area contributed by atoms with Crippen molar-refractivity contribution in [2.24, 2.45) is 5.92 Å². The second kappa shape index (κ2) is 4.21. The van der Waals surface area contributed by atoms with Crippen LogP contribution in [0.2, 0.25) is 0 Å². The lowest BCUT2D eigenvalue weighted by atomic mass is 9.96. The summed E-state index contributed by atoms with van der Waals surface area (Å²) in [6.45, 7) is 2.94. The minimum atomic E-state index is -1.03. The van der Waals surface area contributed by atoms with Crippen LogP contribution in [0.15, 0.2) is 0 Å². The Labute approximate surface area is 93.7 Å². The van der Waals surface area contributed by atoms with Crippen LogP contribution in [-0.4, -0.2) is 58.9 Å². The van der Waals surface area contributed by atoms with Gasteiger partial charge in [0.15, 0.2) is 12.1 Å². The second-order valence-corrected chi connectivity index (χ2v) is 4.67. The van der Waals surface area contributed by atoms with Crippen LogP contribution >= 0.6 is 0 Å². The predicted molar refractivity (Wildman–Crippen MR) is 52.4 cm³/mol. The fourth-order valence-corrected chi connectivity index (χ4v) is 2.28. The van der Waals surface area contributed by atoms with E-state index in [1.54, 1.807) is 13.8 Å². The summed E-state index contributed by atoms with van der Waals surface area (Å²) in [5.41, 5.74) is 0. The van der Waals surface area contributed by atoms with E-state index in [0.717, 1.165) is 0 Å². The Morgan fingerprint density at radius 2 is 1.94 bits per heavy atom. The topological polar surface area (TPSA) is 88.4 Å². The lowest BCUT2D eigenvalue weighted by Gasteiger charge is -2.26. The van der Waals surface area contributed by atoms with E-state index in [9.17, 15) is 10.2 Å². The molecule has 94 valence electrons. The average Bonchev–Trinajstić information content (AvgIpc) is 2.68. The molecule has 5 atom stereocenters. The van der Waals surface area contributed by atoms with E-state index in [1.807, 2.05) is 0 Å². The van der Waals surface area contributed by atoms with Gasteiger partial charge in [0, 0.05) is 5.92 Å². The molecular weight excluding hydrogens is 216 g/mol. The van der Waals surface area contributed by atoms with Crippen LogP contribution < -0.4 is 0 Å². The number of hydrogen-bond donors (Lipinski definition) is 3. The summed E-state index contributed by atoms with van der Waals surface area (Å²) in [7, 11) is 0. The van der Waals surface area contributed by atoms with Crippen molar-refractivity contribution in [2.75, 3.05) is 13.2 Å². The number of ether oxygens (including phenoxy) is 3. The van der Waals surface area contributed by atoms with Crippen molar-refractivity contribution < 1.29 is 29.5 Å². The third kappa shape index (κ3) is 1.97. The summed E-state index contributed by atoms with van der Waals surface area (Å²) in [5, 5.41) is 27.7. The van der Waals surface area contributed by atoms with Gasteiger partial charge in [-0.05, 0) is 13.8 Å². The number of aliphatic hydroxyl groups excluding tert-OH is 3. The molecule has 2 rings (SSSR count). The molecule has 3 unspecified atom stereocenters. The molecule has 0 aliphatic carbocycles. The van der Waals surface area contributed by atoms with Crippen molar-refractivity contribution in [3.8, 4) is 0 Å². The van der Waals surface area contributed by atoms with Gasteiger partial charge in [-0.15, -0.1) is 0 Å². The van der Waals surface area contributed by atoms with Crippen molar-refractivity contribution in [2.45, 2.75) is 44.2 Å². The first-order chi connectivity index (χ1) is 7.48. The van der Waals surface area contributed by atoms with Crippen molar-refractivity contribution in [3.05, 3.63) is 0 Å². The lowest BCUT2D eigenvalue weighted by Crippen LogP contribution is -2.40. The van der Waals surface area contributed by atoms with E-state index in [2.05, 4.69) is 0 Å². The Balaban J connectivity index is 2.09. The Hall–Kier alpha value is -0.240. The van der Waals surface area contributed by atoms with Gasteiger partial charge < -0.3 is 29.5 Å². The number of fused-ring (bicyclic) bond motifs is 1. The summed E-state index contributed by atoms with van der Waals surface area (Å²) < 4.78 is 16.5. The molecule has 2 aliphatic heterocycles. The lowest BCUT2D eigenvalue weighted by molar-refractivity contribution is -0.223. The minimum Gasteiger partial charge on any atom is -0.396 e. The molecule has 0 spiro atoms. The maximum Gasteiger partial charge on any atom is 0.188 e. The van der Waals surface area contributed by atoms with Gasteiger partial charge in [0.2, 0.25) is 0 Å². The fourth-order valence-electron chi connectivity index (χ4n) is 2.28. The zero-order chi connectivity index (χ0) is 11.9. The predicted octanol–water partition coefficient (Wildman–Crippen LogP) is -1.18. The van der Waals surface area contributed by atoms with Crippen LogP contribution in [0.3, 0.4) is 0 Å². The maximum absolute atomic E-state index is 9.55. The molecule has 2 aliphatic rings. The molecule has 6 nitrogen and oxygen atoms in total. The van der Waals surface area contributed by atoms with E-state index in [1.165, 1.54) is 0 Å². The fraction of sp³-hybridized carbons (Fsp3) is 1.00. The highest BCUT2D eigenvalue weighted by molar-refractivity contribution is 4.95. The molecule has 6 heteroatoms. The minimum absolute atomic E-state index is 0.178. The van der Waals surface area contributed by atoms with Crippen LogP contribution in [0.25, 0.3) is 0 Å². The van der Waals surface area contributed by atoms with Gasteiger partial charge >= 0.3 is 0 Å². The highest BCUT2D eigenvalue weighted by Crippen LogP contribution is 2.41. The molecule has 3 N–H and O–H groups in total. The van der Waals surface area contributed by atoms with Crippen molar-refractivity contribution in [1.82, 2.24) is 0 Å². The first-order valence-electron chi connectivity index (χ1n) is 5.39. The largest absolute Gasteiger partial charge is 0.396 e. The first kappa shape index (κ1) is 12.2. The first-order valence-corrected chi connectivity index (χ1v) is 5.39. The summed E-state index contributed by atoms with van der Waals surface area (Å²) >= 11 is 0. The molecule has 0 aromatic rings. The summed E-state index contributed by atoms with van der Waals surface area (Å²) in [4.78, 5) is 0. The van der Waals surface area contributed by atoms with Gasteiger partial charge in [0.1, 0.15) is 12.2 Å². The SMILES string of the molecule is CC1(C)OC2C(CO)[C@@H](C(O)CO)O[C@@H]2O1. The van der Waals surface area contributed by atoms with Crippen LogP contribution in [-0.2, 0) is 14.2 Å². The summed E-state index contributed by atoms with van der Waals surface area (Å²) in [5.74, 6) is -1.12. The van der Waals surface area contributed by atoms with Crippen LogP contribution in [0, 0.1) is 5.92 Å². The van der Waals surface area contributed by atoms with Crippen molar-refractivity contribution in [3.63, 3.8) is 0 Å². The van der Waals surface area contributed by atoms with Gasteiger partial charge in [-0.25, -0.2) is 0 Å². The quantitative estimate of drug-likeness (QED) is 0.570. The second-order valence-electron chi connectivity index (χ2n) is 4.67. The van der Waals surface area contributed by atoms with E-state index in [0.29, 0.717) is 0 Å². The Kier molecular flexibility index (Phi) is 3.22.